The number of carbonyl (C=O) groups excluding carboxylic acids is 1. The first kappa shape index (κ1) is 21.2. The molecule has 142 valence electrons. The van der Waals surface area contributed by atoms with Crippen molar-refractivity contribution in [2.75, 3.05) is 19.8 Å². The van der Waals surface area contributed by atoms with E-state index in [2.05, 4.69) is 5.32 Å². The average molecular weight is 344 g/mol. The molecule has 1 aliphatic heterocycles. The van der Waals surface area contributed by atoms with E-state index in [1.54, 1.807) is 6.92 Å². The third-order valence-corrected chi connectivity index (χ3v) is 4.42. The average Bonchev–Trinajstić information content (AvgIpc) is 2.70. The number of hydrogen-bond acceptors (Lipinski definition) is 5. The van der Waals surface area contributed by atoms with Crippen molar-refractivity contribution in [2.24, 2.45) is 0 Å². The molecule has 0 spiro atoms. The monoisotopic (exact) mass is 344 g/mol. The minimum absolute atomic E-state index is 0.0716. The van der Waals surface area contributed by atoms with E-state index in [-0.39, 0.29) is 31.4 Å². The fourth-order valence-corrected chi connectivity index (χ4v) is 3.19. The van der Waals surface area contributed by atoms with Gasteiger partial charge in [0.1, 0.15) is 5.60 Å². The summed E-state index contributed by atoms with van der Waals surface area (Å²) in [5, 5.41) is 22.2. The lowest BCUT2D eigenvalue weighted by Crippen LogP contribution is -2.54. The van der Waals surface area contributed by atoms with Crippen molar-refractivity contribution >= 4 is 6.09 Å². The first-order valence-electron chi connectivity index (χ1n) is 9.09. The standard InChI is InChI=1S/C18H36N2O4/c1-14(19-18(5,12-21)13-22)11-15-9-7-6-8-10-20(15)16(23)24-17(2,3)4/h14-15,19,21-22H,6-13H2,1-5H3. The molecular formula is C18H36N2O4. The molecule has 0 aromatic carbocycles. The van der Waals surface area contributed by atoms with Crippen molar-refractivity contribution in [3.8, 4) is 0 Å². The molecule has 0 bridgehead atoms. The minimum Gasteiger partial charge on any atom is -0.444 e. The number of likely N-dealkylation sites (tertiary alicyclic amines) is 1. The Hall–Kier alpha value is -0.850. The molecule has 2 atom stereocenters. The van der Waals surface area contributed by atoms with Crippen LogP contribution in [0.2, 0.25) is 0 Å². The van der Waals surface area contributed by atoms with Crippen LogP contribution in [0.25, 0.3) is 0 Å². The topological polar surface area (TPSA) is 82.0 Å². The molecule has 0 radical (unpaired) electrons. The molecule has 1 aliphatic rings. The van der Waals surface area contributed by atoms with Gasteiger partial charge in [-0.05, 0) is 53.9 Å². The molecule has 24 heavy (non-hydrogen) atoms. The molecular weight excluding hydrogens is 308 g/mol. The van der Waals surface area contributed by atoms with E-state index in [0.29, 0.717) is 0 Å². The second-order valence-electron chi connectivity index (χ2n) is 8.33. The van der Waals surface area contributed by atoms with Gasteiger partial charge < -0.3 is 25.2 Å². The highest BCUT2D eigenvalue weighted by Crippen LogP contribution is 2.23. The van der Waals surface area contributed by atoms with Crippen LogP contribution in [0.5, 0.6) is 0 Å². The number of amides is 1. The van der Waals surface area contributed by atoms with Gasteiger partial charge in [0.2, 0.25) is 0 Å². The van der Waals surface area contributed by atoms with Gasteiger partial charge in [0, 0.05) is 18.6 Å². The van der Waals surface area contributed by atoms with Crippen LogP contribution in [0.15, 0.2) is 0 Å². The van der Waals surface area contributed by atoms with Crippen molar-refractivity contribution in [1.29, 1.82) is 0 Å². The molecule has 0 saturated carbocycles. The molecule has 1 amide bonds. The Bertz CT molecular complexity index is 391. The molecule has 1 heterocycles. The zero-order valence-electron chi connectivity index (χ0n) is 16.0. The van der Waals surface area contributed by atoms with Gasteiger partial charge in [-0.2, -0.15) is 0 Å². The summed E-state index contributed by atoms with van der Waals surface area (Å²) in [6.07, 6.45) is 4.72. The Kier molecular flexibility index (Phi) is 7.96. The number of nitrogens with zero attached hydrogens (tertiary/aromatic N) is 1. The number of ether oxygens (including phenoxy) is 1. The van der Waals surface area contributed by atoms with Crippen LogP contribution in [-0.4, -0.2) is 64.2 Å². The molecule has 1 saturated heterocycles. The highest BCUT2D eigenvalue weighted by atomic mass is 16.6. The van der Waals surface area contributed by atoms with Crippen LogP contribution < -0.4 is 5.32 Å². The first-order valence-corrected chi connectivity index (χ1v) is 9.09. The maximum Gasteiger partial charge on any atom is 0.410 e. The van der Waals surface area contributed by atoms with Gasteiger partial charge in [0.25, 0.3) is 0 Å². The fourth-order valence-electron chi connectivity index (χ4n) is 3.19. The lowest BCUT2D eigenvalue weighted by Gasteiger charge is -2.36. The summed E-state index contributed by atoms with van der Waals surface area (Å²) in [5.74, 6) is 0. The molecule has 1 fully saturated rings. The predicted octanol–water partition coefficient (Wildman–Crippen LogP) is 2.28. The first-order chi connectivity index (χ1) is 11.1. The summed E-state index contributed by atoms with van der Waals surface area (Å²) < 4.78 is 5.57. The normalized spacial score (nSPS) is 21.3. The molecule has 1 rings (SSSR count). The Balaban J connectivity index is 2.74. The maximum atomic E-state index is 12.6. The maximum absolute atomic E-state index is 12.6. The molecule has 6 heteroatoms. The van der Waals surface area contributed by atoms with E-state index >= 15 is 0 Å². The van der Waals surface area contributed by atoms with Crippen LogP contribution in [0.4, 0.5) is 4.79 Å². The highest BCUT2D eigenvalue weighted by molar-refractivity contribution is 5.68. The van der Waals surface area contributed by atoms with Crippen LogP contribution in [0.1, 0.15) is 66.7 Å². The van der Waals surface area contributed by atoms with Gasteiger partial charge in [0.15, 0.2) is 0 Å². The van der Waals surface area contributed by atoms with E-state index in [9.17, 15) is 15.0 Å². The third kappa shape index (κ3) is 6.95. The largest absolute Gasteiger partial charge is 0.444 e. The van der Waals surface area contributed by atoms with E-state index < -0.39 is 11.1 Å². The van der Waals surface area contributed by atoms with Crippen LogP contribution in [0.3, 0.4) is 0 Å². The quantitative estimate of drug-likeness (QED) is 0.689. The summed E-state index contributed by atoms with van der Waals surface area (Å²) in [6, 6.07) is 0.189. The van der Waals surface area contributed by atoms with Gasteiger partial charge >= 0.3 is 6.09 Å². The third-order valence-electron chi connectivity index (χ3n) is 4.42. The van der Waals surface area contributed by atoms with Gasteiger partial charge in [-0.15, -0.1) is 0 Å². The highest BCUT2D eigenvalue weighted by Gasteiger charge is 2.32. The van der Waals surface area contributed by atoms with Crippen molar-refractivity contribution in [2.45, 2.75) is 89.9 Å². The van der Waals surface area contributed by atoms with Crippen molar-refractivity contribution in [3.05, 3.63) is 0 Å². The van der Waals surface area contributed by atoms with Crippen molar-refractivity contribution in [1.82, 2.24) is 10.2 Å². The van der Waals surface area contributed by atoms with Crippen LogP contribution in [0, 0.1) is 0 Å². The number of nitrogens with one attached hydrogen (secondary N) is 1. The zero-order chi connectivity index (χ0) is 18.4. The summed E-state index contributed by atoms with van der Waals surface area (Å²) in [5.41, 5.74) is -1.20. The number of hydrogen-bond donors (Lipinski definition) is 3. The van der Waals surface area contributed by atoms with Gasteiger partial charge in [-0.25, -0.2) is 4.79 Å². The lowest BCUT2D eigenvalue weighted by molar-refractivity contribution is 0.0140. The van der Waals surface area contributed by atoms with Gasteiger partial charge in [-0.3, -0.25) is 0 Å². The van der Waals surface area contributed by atoms with Crippen molar-refractivity contribution < 1.29 is 19.7 Å². The fraction of sp³-hybridized carbons (Fsp3) is 0.944. The van der Waals surface area contributed by atoms with E-state index in [0.717, 1.165) is 38.6 Å². The van der Waals surface area contributed by atoms with Gasteiger partial charge in [0.05, 0.1) is 18.8 Å². The molecule has 6 nitrogen and oxygen atoms in total. The van der Waals surface area contributed by atoms with Crippen LogP contribution >= 0.6 is 0 Å². The number of carbonyl (C=O) groups is 1. The Labute approximate surface area is 146 Å². The summed E-state index contributed by atoms with van der Waals surface area (Å²) >= 11 is 0. The zero-order valence-corrected chi connectivity index (χ0v) is 16.0. The Morgan fingerprint density at radius 3 is 2.38 bits per heavy atom. The summed E-state index contributed by atoms with van der Waals surface area (Å²) in [4.78, 5) is 14.4. The smallest absolute Gasteiger partial charge is 0.410 e. The van der Waals surface area contributed by atoms with E-state index in [1.807, 2.05) is 32.6 Å². The SMILES string of the molecule is CC(CC1CCCCCN1C(=O)OC(C)(C)C)NC(C)(CO)CO. The summed E-state index contributed by atoms with van der Waals surface area (Å²) in [6.45, 7) is 9.94. The molecule has 2 unspecified atom stereocenters. The predicted molar refractivity (Wildman–Crippen MR) is 95.0 cm³/mol. The molecule has 0 aromatic heterocycles. The number of aliphatic hydroxyl groups excluding tert-OH is 2. The molecule has 0 aliphatic carbocycles. The Morgan fingerprint density at radius 1 is 1.21 bits per heavy atom. The Morgan fingerprint density at radius 2 is 1.83 bits per heavy atom. The number of aliphatic hydroxyl groups is 2. The lowest BCUT2D eigenvalue weighted by atomic mass is 9.98. The van der Waals surface area contributed by atoms with E-state index in [4.69, 9.17) is 4.74 Å². The molecule has 0 aromatic rings. The second kappa shape index (κ2) is 9.02. The van der Waals surface area contributed by atoms with Crippen molar-refractivity contribution in [3.63, 3.8) is 0 Å². The number of rotatable bonds is 6. The summed E-state index contributed by atoms with van der Waals surface area (Å²) in [7, 11) is 0. The minimum atomic E-state index is -0.707. The van der Waals surface area contributed by atoms with E-state index in [1.165, 1.54) is 0 Å². The second-order valence-corrected chi connectivity index (χ2v) is 8.33. The van der Waals surface area contributed by atoms with Gasteiger partial charge in [-0.1, -0.05) is 12.8 Å². The van der Waals surface area contributed by atoms with Crippen LogP contribution in [-0.2, 0) is 4.74 Å². The molecule has 3 N–H and O–H groups in total.